The highest BCUT2D eigenvalue weighted by atomic mass is 16.3. The predicted octanol–water partition coefficient (Wildman–Crippen LogP) is 6.24. The molecule has 0 saturated carbocycles. The average molecular weight is 483 g/mol. The van der Waals surface area contributed by atoms with Gasteiger partial charge in [-0.1, -0.05) is 62.4 Å². The number of hydrogen-bond acceptors (Lipinski definition) is 5. The van der Waals surface area contributed by atoms with Crippen LogP contribution in [0.1, 0.15) is 48.2 Å². The van der Waals surface area contributed by atoms with E-state index in [-0.39, 0.29) is 18.2 Å². The van der Waals surface area contributed by atoms with Crippen molar-refractivity contribution >= 4 is 28.2 Å². The number of aromatic nitrogens is 1. The maximum Gasteiger partial charge on any atom is 0.253 e. The number of anilines is 2. The van der Waals surface area contributed by atoms with Crippen LogP contribution in [0.25, 0.3) is 10.9 Å². The number of carbonyl (C=O) groups excluding carboxylic acids is 1. The van der Waals surface area contributed by atoms with Gasteiger partial charge in [0, 0.05) is 29.6 Å². The van der Waals surface area contributed by atoms with Crippen molar-refractivity contribution in [1.82, 2.24) is 15.2 Å². The van der Waals surface area contributed by atoms with Crippen LogP contribution in [0.4, 0.5) is 11.4 Å². The summed E-state index contributed by atoms with van der Waals surface area (Å²) in [5.74, 6) is 0.0406. The van der Waals surface area contributed by atoms with Gasteiger partial charge in [-0.2, -0.15) is 0 Å². The maximum atomic E-state index is 13.1. The number of benzene rings is 3. The first kappa shape index (κ1) is 25.2. The number of phenolic OH excluding ortho intramolecular Hbond substituents is 1. The summed E-state index contributed by atoms with van der Waals surface area (Å²) in [6.45, 7) is 7.25. The summed E-state index contributed by atoms with van der Waals surface area (Å²) in [7, 11) is 0. The lowest BCUT2D eigenvalue weighted by Gasteiger charge is -2.22. The highest BCUT2D eigenvalue weighted by Gasteiger charge is 2.14. The molecule has 0 unspecified atom stereocenters. The van der Waals surface area contributed by atoms with E-state index in [1.54, 1.807) is 12.3 Å². The van der Waals surface area contributed by atoms with Gasteiger partial charge >= 0.3 is 0 Å². The highest BCUT2D eigenvalue weighted by molar-refractivity contribution is 6.00. The Hall–Kier alpha value is -3.90. The van der Waals surface area contributed by atoms with Crippen LogP contribution in [0, 0.1) is 0 Å². The molecule has 0 saturated heterocycles. The molecule has 4 rings (SSSR count). The van der Waals surface area contributed by atoms with Crippen molar-refractivity contribution in [2.45, 2.75) is 39.8 Å². The molecule has 0 aliphatic carbocycles. The van der Waals surface area contributed by atoms with Gasteiger partial charge in [0.2, 0.25) is 0 Å². The topological polar surface area (TPSA) is 77.5 Å². The van der Waals surface area contributed by atoms with Gasteiger partial charge in [0.15, 0.2) is 0 Å². The number of carbonyl (C=O) groups is 1. The molecule has 186 valence electrons. The minimum absolute atomic E-state index is 0.213. The van der Waals surface area contributed by atoms with Crippen LogP contribution in [0.3, 0.4) is 0 Å². The third-order valence-electron chi connectivity index (χ3n) is 6.16. The molecule has 0 aliphatic heterocycles. The number of phenols is 1. The Balaban J connectivity index is 1.46. The third-order valence-corrected chi connectivity index (χ3v) is 6.16. The van der Waals surface area contributed by atoms with Crippen molar-refractivity contribution in [1.29, 1.82) is 0 Å². The number of nitrogens with zero attached hydrogens (tertiary/aromatic N) is 2. The summed E-state index contributed by atoms with van der Waals surface area (Å²) in [6, 6.07) is 23.1. The van der Waals surface area contributed by atoms with Crippen molar-refractivity contribution in [3.05, 3.63) is 95.7 Å². The summed E-state index contributed by atoms with van der Waals surface area (Å²) < 4.78 is 0. The Bertz CT molecular complexity index is 1320. The van der Waals surface area contributed by atoms with Gasteiger partial charge in [-0.05, 0) is 50.2 Å². The van der Waals surface area contributed by atoms with E-state index in [9.17, 15) is 9.90 Å². The van der Waals surface area contributed by atoms with E-state index in [0.717, 1.165) is 48.1 Å². The molecule has 6 heteroatoms. The Morgan fingerprint density at radius 2 is 1.64 bits per heavy atom. The molecule has 3 aromatic carbocycles. The minimum Gasteiger partial charge on any atom is -0.507 e. The maximum absolute atomic E-state index is 13.1. The molecule has 0 aliphatic rings. The molecule has 4 aromatic rings. The van der Waals surface area contributed by atoms with Gasteiger partial charge < -0.3 is 15.7 Å². The van der Waals surface area contributed by atoms with Crippen molar-refractivity contribution in [3.8, 4) is 5.75 Å². The molecule has 0 spiro atoms. The van der Waals surface area contributed by atoms with E-state index < -0.39 is 0 Å². The predicted molar refractivity (Wildman–Crippen MR) is 147 cm³/mol. The molecule has 36 heavy (non-hydrogen) atoms. The first-order valence-electron chi connectivity index (χ1n) is 12.6. The number of aromatic hydroxyl groups is 1. The molecule has 6 nitrogen and oxygen atoms in total. The molecule has 0 bridgehead atoms. The van der Waals surface area contributed by atoms with Crippen LogP contribution in [-0.2, 0) is 13.1 Å². The van der Waals surface area contributed by atoms with Crippen LogP contribution in [0.15, 0.2) is 79.0 Å². The molecular weight excluding hydrogens is 448 g/mol. The number of hydrogen-bond donors (Lipinski definition) is 3. The largest absolute Gasteiger partial charge is 0.507 e. The number of amides is 1. The van der Waals surface area contributed by atoms with Crippen molar-refractivity contribution in [2.24, 2.45) is 0 Å². The molecule has 0 atom stereocenters. The normalized spacial score (nSPS) is 11.1. The van der Waals surface area contributed by atoms with E-state index in [4.69, 9.17) is 0 Å². The Kier molecular flexibility index (Phi) is 8.53. The van der Waals surface area contributed by atoms with E-state index in [0.29, 0.717) is 23.4 Å². The van der Waals surface area contributed by atoms with Crippen LogP contribution in [0.2, 0.25) is 0 Å². The minimum atomic E-state index is -0.213. The van der Waals surface area contributed by atoms with Crippen molar-refractivity contribution in [2.75, 3.05) is 18.4 Å². The molecule has 1 aromatic heterocycles. The summed E-state index contributed by atoms with van der Waals surface area (Å²) in [5, 5.41) is 18.2. The molecule has 1 amide bonds. The quantitative estimate of drug-likeness (QED) is 0.236. The van der Waals surface area contributed by atoms with E-state index in [1.165, 1.54) is 0 Å². The zero-order valence-electron chi connectivity index (χ0n) is 21.0. The number of fused-ring (bicyclic) bond motifs is 1. The van der Waals surface area contributed by atoms with Crippen LogP contribution >= 0.6 is 0 Å². The highest BCUT2D eigenvalue weighted by Crippen LogP contribution is 2.26. The molecule has 3 N–H and O–H groups in total. The van der Waals surface area contributed by atoms with E-state index in [2.05, 4.69) is 34.4 Å². The van der Waals surface area contributed by atoms with Crippen molar-refractivity contribution < 1.29 is 9.90 Å². The fourth-order valence-corrected chi connectivity index (χ4v) is 4.41. The second-order valence-electron chi connectivity index (χ2n) is 8.97. The van der Waals surface area contributed by atoms with Gasteiger partial charge in [-0.25, -0.2) is 0 Å². The second kappa shape index (κ2) is 12.2. The zero-order chi connectivity index (χ0) is 25.3. The summed E-state index contributed by atoms with van der Waals surface area (Å²) in [5.41, 5.74) is 4.54. The van der Waals surface area contributed by atoms with Gasteiger partial charge in [0.05, 0.1) is 28.7 Å². The summed E-state index contributed by atoms with van der Waals surface area (Å²) in [4.78, 5) is 20.0. The van der Waals surface area contributed by atoms with Gasteiger partial charge in [0.25, 0.3) is 5.91 Å². The fraction of sp³-hybridized carbons (Fsp3) is 0.267. The molecular formula is C30H34N4O2. The lowest BCUT2D eigenvalue weighted by atomic mass is 10.1. The third kappa shape index (κ3) is 6.20. The lowest BCUT2D eigenvalue weighted by Crippen LogP contribution is -2.25. The van der Waals surface area contributed by atoms with Crippen LogP contribution in [0.5, 0.6) is 5.75 Å². The standard InChI is InChI=1S/C30H34N4O2/c1-3-16-34(17-4-2)21-24-12-9-11-23(29(24)35)19-32-30(36)26-13-6-8-15-28(26)33-25-18-22-10-5-7-14-27(22)31-20-25/h5-15,18,20,33,35H,3-4,16-17,19,21H2,1-2H3,(H,32,36). The van der Waals surface area contributed by atoms with E-state index in [1.807, 2.05) is 66.7 Å². The lowest BCUT2D eigenvalue weighted by molar-refractivity contribution is 0.0951. The van der Waals surface area contributed by atoms with Gasteiger partial charge in [0.1, 0.15) is 5.75 Å². The first-order valence-corrected chi connectivity index (χ1v) is 12.6. The summed E-state index contributed by atoms with van der Waals surface area (Å²) >= 11 is 0. The SMILES string of the molecule is CCCN(CCC)Cc1cccc(CNC(=O)c2ccccc2Nc2cnc3ccccc3c2)c1O. The Morgan fingerprint density at radius 1 is 0.917 bits per heavy atom. The Labute approximate surface area is 213 Å². The van der Waals surface area contributed by atoms with Crippen LogP contribution < -0.4 is 10.6 Å². The fourth-order valence-electron chi connectivity index (χ4n) is 4.41. The van der Waals surface area contributed by atoms with E-state index >= 15 is 0 Å². The molecule has 0 radical (unpaired) electrons. The van der Waals surface area contributed by atoms with Crippen LogP contribution in [-0.4, -0.2) is 34.0 Å². The zero-order valence-corrected chi connectivity index (χ0v) is 21.0. The van der Waals surface area contributed by atoms with Gasteiger partial charge in [-0.15, -0.1) is 0 Å². The number of para-hydroxylation sites is 3. The summed E-state index contributed by atoms with van der Waals surface area (Å²) in [6.07, 6.45) is 3.90. The molecule has 0 fully saturated rings. The monoisotopic (exact) mass is 482 g/mol. The Morgan fingerprint density at radius 3 is 2.44 bits per heavy atom. The number of pyridine rings is 1. The molecule has 1 heterocycles. The first-order chi connectivity index (χ1) is 17.6. The van der Waals surface area contributed by atoms with Gasteiger partial charge in [-0.3, -0.25) is 14.7 Å². The smallest absolute Gasteiger partial charge is 0.253 e. The van der Waals surface area contributed by atoms with Crippen molar-refractivity contribution in [3.63, 3.8) is 0 Å². The number of rotatable bonds is 11. The average Bonchev–Trinajstić information content (AvgIpc) is 2.89. The number of nitrogens with one attached hydrogen (secondary N) is 2. The second-order valence-corrected chi connectivity index (χ2v) is 8.97.